The summed E-state index contributed by atoms with van der Waals surface area (Å²) in [6, 6.07) is 5.16. The molecule has 1 aromatic heterocycles. The number of alkyl halides is 3. The molecular formula is C15H18F3N3. The molecule has 0 aliphatic heterocycles. The summed E-state index contributed by atoms with van der Waals surface area (Å²) >= 11 is 0. The zero-order chi connectivity index (χ0) is 15.3. The van der Waals surface area contributed by atoms with Crippen LogP contribution in [0.15, 0.2) is 36.7 Å². The van der Waals surface area contributed by atoms with Gasteiger partial charge in [0.05, 0.1) is 5.56 Å². The van der Waals surface area contributed by atoms with E-state index in [1.807, 2.05) is 10.8 Å². The number of aryl methyl sites for hydroxylation is 1. The Labute approximate surface area is 121 Å². The van der Waals surface area contributed by atoms with Crippen molar-refractivity contribution in [3.05, 3.63) is 47.8 Å². The van der Waals surface area contributed by atoms with Crippen molar-refractivity contribution in [3.63, 3.8) is 0 Å². The Morgan fingerprint density at radius 2 is 1.90 bits per heavy atom. The summed E-state index contributed by atoms with van der Waals surface area (Å²) in [5, 5.41) is 3.15. The van der Waals surface area contributed by atoms with Crippen LogP contribution >= 0.6 is 0 Å². The lowest BCUT2D eigenvalue weighted by Gasteiger charge is -2.10. The van der Waals surface area contributed by atoms with Gasteiger partial charge in [-0.15, -0.1) is 0 Å². The minimum atomic E-state index is -4.29. The number of unbranched alkanes of at least 4 members (excludes halogenated alkanes) is 1. The molecule has 0 aliphatic rings. The molecule has 0 radical (unpaired) electrons. The molecule has 6 heteroatoms. The lowest BCUT2D eigenvalue weighted by molar-refractivity contribution is -0.137. The molecule has 0 amide bonds. The summed E-state index contributed by atoms with van der Waals surface area (Å²) in [5.74, 6) is 0.739. The summed E-state index contributed by atoms with van der Waals surface area (Å²) in [4.78, 5) is 4.21. The van der Waals surface area contributed by atoms with Crippen LogP contribution in [0, 0.1) is 0 Å². The van der Waals surface area contributed by atoms with Gasteiger partial charge in [-0.25, -0.2) is 4.98 Å². The normalized spacial score (nSPS) is 11.6. The molecule has 0 unspecified atom stereocenters. The van der Waals surface area contributed by atoms with Crippen LogP contribution in [0.3, 0.4) is 0 Å². The fraction of sp³-hybridized carbons (Fsp3) is 0.400. The van der Waals surface area contributed by atoms with E-state index in [9.17, 15) is 13.2 Å². The van der Waals surface area contributed by atoms with Gasteiger partial charge in [-0.3, -0.25) is 0 Å². The highest BCUT2D eigenvalue weighted by molar-refractivity contribution is 5.31. The largest absolute Gasteiger partial charge is 0.416 e. The van der Waals surface area contributed by atoms with Gasteiger partial charge in [-0.05, 0) is 24.1 Å². The summed E-state index contributed by atoms with van der Waals surface area (Å²) in [6.07, 6.45) is 1.47. The summed E-state index contributed by atoms with van der Waals surface area (Å²) in [5.41, 5.74) is 0.156. The fourth-order valence-corrected chi connectivity index (χ4v) is 1.98. The molecule has 0 aliphatic carbocycles. The van der Waals surface area contributed by atoms with Crippen molar-refractivity contribution in [2.75, 3.05) is 5.32 Å². The zero-order valence-electron chi connectivity index (χ0n) is 11.8. The Bertz CT molecular complexity index is 558. The number of benzene rings is 1. The van der Waals surface area contributed by atoms with Gasteiger partial charge in [-0.1, -0.05) is 25.5 Å². The molecule has 1 N–H and O–H groups in total. The van der Waals surface area contributed by atoms with Crippen LogP contribution < -0.4 is 5.32 Å². The van der Waals surface area contributed by atoms with Crippen molar-refractivity contribution in [3.8, 4) is 0 Å². The molecule has 0 spiro atoms. The number of aromatic nitrogens is 2. The maximum absolute atomic E-state index is 12.5. The predicted molar refractivity (Wildman–Crippen MR) is 75.9 cm³/mol. The Morgan fingerprint density at radius 3 is 2.52 bits per heavy atom. The van der Waals surface area contributed by atoms with E-state index in [-0.39, 0.29) is 0 Å². The second-order valence-electron chi connectivity index (χ2n) is 4.85. The standard InChI is InChI=1S/C15H18F3N3/c1-2-3-9-21-10-8-19-14(21)20-11-12-4-6-13(7-5-12)15(16,17)18/h4-8,10H,2-3,9,11H2,1H3,(H,19,20). The van der Waals surface area contributed by atoms with E-state index in [1.165, 1.54) is 12.1 Å². The highest BCUT2D eigenvalue weighted by Crippen LogP contribution is 2.29. The van der Waals surface area contributed by atoms with Crippen LogP contribution in [0.25, 0.3) is 0 Å². The number of anilines is 1. The van der Waals surface area contributed by atoms with Gasteiger partial charge in [0.2, 0.25) is 5.95 Å². The molecule has 0 saturated carbocycles. The predicted octanol–water partition coefficient (Wildman–Crippen LogP) is 4.31. The molecule has 0 fully saturated rings. The monoisotopic (exact) mass is 297 g/mol. The maximum Gasteiger partial charge on any atom is 0.416 e. The molecule has 1 aromatic carbocycles. The van der Waals surface area contributed by atoms with Gasteiger partial charge in [0.1, 0.15) is 0 Å². The average Bonchev–Trinajstić information content (AvgIpc) is 2.90. The van der Waals surface area contributed by atoms with Gasteiger partial charge < -0.3 is 9.88 Å². The van der Waals surface area contributed by atoms with E-state index in [0.717, 1.165) is 43.0 Å². The topological polar surface area (TPSA) is 29.9 Å². The van der Waals surface area contributed by atoms with Crippen molar-refractivity contribution < 1.29 is 13.2 Å². The highest BCUT2D eigenvalue weighted by Gasteiger charge is 2.29. The first kappa shape index (κ1) is 15.4. The van der Waals surface area contributed by atoms with Crippen molar-refractivity contribution in [1.82, 2.24) is 9.55 Å². The van der Waals surface area contributed by atoms with E-state index in [1.54, 1.807) is 6.20 Å². The summed E-state index contributed by atoms with van der Waals surface area (Å²) in [7, 11) is 0. The van der Waals surface area contributed by atoms with E-state index < -0.39 is 11.7 Å². The van der Waals surface area contributed by atoms with E-state index in [0.29, 0.717) is 6.54 Å². The third kappa shape index (κ3) is 4.24. The summed E-state index contributed by atoms with van der Waals surface area (Å²) < 4.78 is 39.4. The number of hydrogen-bond donors (Lipinski definition) is 1. The first-order chi connectivity index (χ1) is 10.0. The smallest absolute Gasteiger partial charge is 0.352 e. The number of halogens is 3. The van der Waals surface area contributed by atoms with Crippen LogP contribution in [0.5, 0.6) is 0 Å². The molecule has 0 atom stereocenters. The second-order valence-corrected chi connectivity index (χ2v) is 4.85. The molecule has 0 bridgehead atoms. The summed E-state index contributed by atoms with van der Waals surface area (Å²) in [6.45, 7) is 3.44. The number of nitrogens with one attached hydrogen (secondary N) is 1. The molecule has 2 aromatic rings. The van der Waals surface area contributed by atoms with Gasteiger partial charge in [0.15, 0.2) is 0 Å². The van der Waals surface area contributed by atoms with Gasteiger partial charge in [0.25, 0.3) is 0 Å². The highest BCUT2D eigenvalue weighted by atomic mass is 19.4. The number of hydrogen-bond acceptors (Lipinski definition) is 2. The molecule has 21 heavy (non-hydrogen) atoms. The molecular weight excluding hydrogens is 279 g/mol. The van der Waals surface area contributed by atoms with Crippen LogP contribution in [0.4, 0.5) is 19.1 Å². The molecule has 114 valence electrons. The van der Waals surface area contributed by atoms with Gasteiger partial charge >= 0.3 is 6.18 Å². The van der Waals surface area contributed by atoms with E-state index >= 15 is 0 Å². The fourth-order valence-electron chi connectivity index (χ4n) is 1.98. The SMILES string of the molecule is CCCCn1ccnc1NCc1ccc(C(F)(F)F)cc1. The quantitative estimate of drug-likeness (QED) is 0.861. The van der Waals surface area contributed by atoms with Crippen LogP contribution in [-0.4, -0.2) is 9.55 Å². The van der Waals surface area contributed by atoms with Crippen molar-refractivity contribution >= 4 is 5.95 Å². The Hall–Kier alpha value is -1.98. The van der Waals surface area contributed by atoms with Crippen LogP contribution in [0.2, 0.25) is 0 Å². The van der Waals surface area contributed by atoms with Crippen molar-refractivity contribution in [2.24, 2.45) is 0 Å². The number of rotatable bonds is 6. The van der Waals surface area contributed by atoms with E-state index in [2.05, 4.69) is 17.2 Å². The molecule has 0 saturated heterocycles. The van der Waals surface area contributed by atoms with Crippen LogP contribution in [-0.2, 0) is 19.3 Å². The maximum atomic E-state index is 12.5. The van der Waals surface area contributed by atoms with Crippen LogP contribution in [0.1, 0.15) is 30.9 Å². The van der Waals surface area contributed by atoms with Crippen molar-refractivity contribution in [1.29, 1.82) is 0 Å². The first-order valence-electron chi connectivity index (χ1n) is 6.92. The molecule has 1 heterocycles. The Balaban J connectivity index is 1.95. The third-order valence-corrected chi connectivity index (χ3v) is 3.20. The van der Waals surface area contributed by atoms with Gasteiger partial charge in [-0.2, -0.15) is 13.2 Å². The minimum absolute atomic E-state index is 0.446. The molecule has 2 rings (SSSR count). The lowest BCUT2D eigenvalue weighted by atomic mass is 10.1. The second kappa shape index (κ2) is 6.65. The Morgan fingerprint density at radius 1 is 1.19 bits per heavy atom. The minimum Gasteiger partial charge on any atom is -0.352 e. The van der Waals surface area contributed by atoms with Gasteiger partial charge in [0, 0.05) is 25.5 Å². The lowest BCUT2D eigenvalue weighted by Crippen LogP contribution is -2.08. The third-order valence-electron chi connectivity index (χ3n) is 3.20. The molecule has 3 nitrogen and oxygen atoms in total. The number of nitrogens with zero attached hydrogens (tertiary/aromatic N) is 2. The number of imidazole rings is 1. The first-order valence-corrected chi connectivity index (χ1v) is 6.92. The zero-order valence-corrected chi connectivity index (χ0v) is 11.8. The van der Waals surface area contributed by atoms with Crippen molar-refractivity contribution in [2.45, 2.75) is 39.0 Å². The van der Waals surface area contributed by atoms with E-state index in [4.69, 9.17) is 0 Å². The Kier molecular flexibility index (Phi) is 4.88. The average molecular weight is 297 g/mol.